The Morgan fingerprint density at radius 3 is 2.15 bits per heavy atom. The van der Waals surface area contributed by atoms with Crippen LogP contribution in [-0.4, -0.2) is 34.4 Å². The summed E-state index contributed by atoms with van der Waals surface area (Å²) in [6.07, 6.45) is 0.615. The first kappa shape index (κ1) is 24.7. The molecule has 1 aliphatic rings. The number of benzene rings is 3. The summed E-state index contributed by atoms with van der Waals surface area (Å²) >= 11 is 21.1. The standard InChI is InChI=1S/C25H20BrCl2N3O2S/c26-17-3-9-20(10-4-17)29-23(32)15-22-24(33)31(21-11-7-19(28)8-12-21)25(34)30(22)14-13-16-1-5-18(27)6-2-16/h1-12,22H,13-15H2,(H,29,32). The molecule has 0 bridgehead atoms. The van der Waals surface area contributed by atoms with Gasteiger partial charge in [-0.2, -0.15) is 0 Å². The van der Waals surface area contributed by atoms with Gasteiger partial charge in [0, 0.05) is 26.8 Å². The zero-order chi connectivity index (χ0) is 24.2. The van der Waals surface area contributed by atoms with Crippen molar-refractivity contribution in [2.45, 2.75) is 18.9 Å². The Balaban J connectivity index is 1.55. The zero-order valence-electron chi connectivity index (χ0n) is 17.9. The molecule has 3 aromatic carbocycles. The van der Waals surface area contributed by atoms with E-state index in [0.717, 1.165) is 10.0 Å². The molecule has 0 radical (unpaired) electrons. The van der Waals surface area contributed by atoms with Gasteiger partial charge < -0.3 is 10.2 Å². The fraction of sp³-hybridized carbons (Fsp3) is 0.160. The second-order valence-electron chi connectivity index (χ2n) is 7.78. The zero-order valence-corrected chi connectivity index (χ0v) is 21.8. The lowest BCUT2D eigenvalue weighted by atomic mass is 10.1. The minimum absolute atomic E-state index is 0.0280. The van der Waals surface area contributed by atoms with E-state index in [-0.39, 0.29) is 18.2 Å². The van der Waals surface area contributed by atoms with Crippen LogP contribution in [0.2, 0.25) is 10.0 Å². The Morgan fingerprint density at radius 1 is 0.941 bits per heavy atom. The molecule has 5 nitrogen and oxygen atoms in total. The molecule has 1 aliphatic heterocycles. The molecule has 3 aromatic rings. The third-order valence-corrected chi connectivity index (χ3v) is 6.91. The van der Waals surface area contributed by atoms with Crippen molar-refractivity contribution in [2.75, 3.05) is 16.8 Å². The lowest BCUT2D eigenvalue weighted by Gasteiger charge is -2.24. The molecule has 0 spiro atoms. The monoisotopic (exact) mass is 575 g/mol. The maximum Gasteiger partial charge on any atom is 0.256 e. The average molecular weight is 577 g/mol. The van der Waals surface area contributed by atoms with Gasteiger partial charge in [0.15, 0.2) is 5.11 Å². The maximum absolute atomic E-state index is 13.5. The number of hydrogen-bond donors (Lipinski definition) is 1. The first-order valence-corrected chi connectivity index (χ1v) is 12.5. The van der Waals surface area contributed by atoms with E-state index in [2.05, 4.69) is 21.2 Å². The number of rotatable bonds is 7. The molecule has 34 heavy (non-hydrogen) atoms. The van der Waals surface area contributed by atoms with Crippen LogP contribution in [0.5, 0.6) is 0 Å². The van der Waals surface area contributed by atoms with Crippen molar-refractivity contribution in [2.24, 2.45) is 0 Å². The molecule has 9 heteroatoms. The molecule has 1 unspecified atom stereocenters. The van der Waals surface area contributed by atoms with E-state index < -0.39 is 6.04 Å². The maximum atomic E-state index is 13.5. The van der Waals surface area contributed by atoms with Crippen molar-refractivity contribution in [3.63, 3.8) is 0 Å². The van der Waals surface area contributed by atoms with E-state index in [4.69, 9.17) is 35.4 Å². The van der Waals surface area contributed by atoms with E-state index in [1.807, 2.05) is 41.3 Å². The quantitative estimate of drug-likeness (QED) is 0.334. The van der Waals surface area contributed by atoms with Gasteiger partial charge in [0.2, 0.25) is 5.91 Å². The number of hydrogen-bond acceptors (Lipinski definition) is 3. The van der Waals surface area contributed by atoms with Crippen LogP contribution in [0.4, 0.5) is 11.4 Å². The predicted molar refractivity (Wildman–Crippen MR) is 145 cm³/mol. The Labute approximate surface area is 221 Å². The predicted octanol–water partition coefficient (Wildman–Crippen LogP) is 6.33. The van der Waals surface area contributed by atoms with Crippen LogP contribution in [0.15, 0.2) is 77.3 Å². The fourth-order valence-electron chi connectivity index (χ4n) is 3.74. The van der Waals surface area contributed by atoms with Crippen molar-refractivity contribution < 1.29 is 9.59 Å². The lowest BCUT2D eigenvalue weighted by Crippen LogP contribution is -2.39. The summed E-state index contributed by atoms with van der Waals surface area (Å²) in [5.41, 5.74) is 2.33. The molecule has 0 saturated carbocycles. The van der Waals surface area contributed by atoms with E-state index in [0.29, 0.717) is 39.5 Å². The average Bonchev–Trinajstić information content (AvgIpc) is 3.04. The van der Waals surface area contributed by atoms with Crippen molar-refractivity contribution in [1.29, 1.82) is 0 Å². The van der Waals surface area contributed by atoms with Crippen LogP contribution in [0.3, 0.4) is 0 Å². The second-order valence-corrected chi connectivity index (χ2v) is 9.93. The van der Waals surface area contributed by atoms with Crippen LogP contribution in [0.25, 0.3) is 0 Å². The highest BCUT2D eigenvalue weighted by atomic mass is 79.9. The van der Waals surface area contributed by atoms with Gasteiger partial charge in [-0.25, -0.2) is 0 Å². The molecule has 2 amide bonds. The first-order valence-electron chi connectivity index (χ1n) is 10.5. The number of amides is 2. The number of carbonyl (C=O) groups is 2. The Morgan fingerprint density at radius 2 is 1.53 bits per heavy atom. The number of thiocarbonyl (C=S) groups is 1. The van der Waals surface area contributed by atoms with Crippen LogP contribution in [0.1, 0.15) is 12.0 Å². The highest BCUT2D eigenvalue weighted by Crippen LogP contribution is 2.29. The van der Waals surface area contributed by atoms with Crippen LogP contribution in [-0.2, 0) is 16.0 Å². The molecular formula is C25H20BrCl2N3O2S. The summed E-state index contributed by atoms with van der Waals surface area (Å²) in [7, 11) is 0. The van der Waals surface area contributed by atoms with E-state index >= 15 is 0 Å². The third-order valence-electron chi connectivity index (χ3n) is 5.46. The van der Waals surface area contributed by atoms with E-state index in [9.17, 15) is 9.59 Å². The van der Waals surface area contributed by atoms with Crippen LogP contribution < -0.4 is 10.2 Å². The van der Waals surface area contributed by atoms with Crippen molar-refractivity contribution in [3.8, 4) is 0 Å². The first-order chi connectivity index (χ1) is 16.3. The van der Waals surface area contributed by atoms with Crippen molar-refractivity contribution in [1.82, 2.24) is 4.90 Å². The molecule has 0 aliphatic carbocycles. The van der Waals surface area contributed by atoms with Gasteiger partial charge in [-0.15, -0.1) is 0 Å². The number of anilines is 2. The normalized spacial score (nSPS) is 15.7. The summed E-state index contributed by atoms with van der Waals surface area (Å²) in [5.74, 6) is -0.507. The molecule has 1 atom stereocenters. The highest BCUT2D eigenvalue weighted by Gasteiger charge is 2.43. The van der Waals surface area contributed by atoms with E-state index in [1.165, 1.54) is 4.90 Å². The van der Waals surface area contributed by atoms with Gasteiger partial charge in [-0.3, -0.25) is 14.5 Å². The Bertz CT molecular complexity index is 1200. The van der Waals surface area contributed by atoms with Gasteiger partial charge in [-0.1, -0.05) is 51.3 Å². The van der Waals surface area contributed by atoms with Crippen molar-refractivity contribution in [3.05, 3.63) is 92.9 Å². The highest BCUT2D eigenvalue weighted by molar-refractivity contribution is 9.10. The second kappa shape index (κ2) is 10.9. The van der Waals surface area contributed by atoms with Gasteiger partial charge in [0.25, 0.3) is 5.91 Å². The molecule has 174 valence electrons. The molecule has 1 heterocycles. The Kier molecular flexibility index (Phi) is 7.88. The summed E-state index contributed by atoms with van der Waals surface area (Å²) in [4.78, 5) is 29.6. The largest absolute Gasteiger partial charge is 0.336 e. The Hall–Kier alpha value is -2.45. The number of nitrogens with zero attached hydrogens (tertiary/aromatic N) is 2. The van der Waals surface area contributed by atoms with Gasteiger partial charge >= 0.3 is 0 Å². The topological polar surface area (TPSA) is 52.7 Å². The SMILES string of the molecule is O=C(CC1C(=O)N(c2ccc(Cl)cc2)C(=S)N1CCc1ccc(Cl)cc1)Nc1ccc(Br)cc1. The molecular weight excluding hydrogens is 557 g/mol. The van der Waals surface area contributed by atoms with E-state index in [1.54, 1.807) is 36.4 Å². The van der Waals surface area contributed by atoms with Crippen molar-refractivity contribution >= 4 is 79.7 Å². The van der Waals surface area contributed by atoms with Gasteiger partial charge in [0.05, 0.1) is 12.1 Å². The molecule has 1 fully saturated rings. The van der Waals surface area contributed by atoms with Crippen LogP contribution >= 0.6 is 51.3 Å². The third kappa shape index (κ3) is 5.78. The number of halogens is 3. The minimum atomic E-state index is -0.717. The summed E-state index contributed by atoms with van der Waals surface area (Å²) in [5, 5.41) is 4.45. The van der Waals surface area contributed by atoms with Gasteiger partial charge in [0.1, 0.15) is 6.04 Å². The molecule has 1 saturated heterocycles. The number of carbonyl (C=O) groups excluding carboxylic acids is 2. The van der Waals surface area contributed by atoms with Gasteiger partial charge in [-0.05, 0) is 84.9 Å². The summed E-state index contributed by atoms with van der Waals surface area (Å²) < 4.78 is 0.911. The number of nitrogens with one attached hydrogen (secondary N) is 1. The molecule has 1 N–H and O–H groups in total. The minimum Gasteiger partial charge on any atom is -0.336 e. The smallest absolute Gasteiger partial charge is 0.256 e. The van der Waals surface area contributed by atoms with Crippen LogP contribution in [0, 0.1) is 0 Å². The molecule has 0 aromatic heterocycles. The molecule has 4 rings (SSSR count). The fourth-order valence-corrected chi connectivity index (χ4v) is 4.67. The lowest BCUT2D eigenvalue weighted by molar-refractivity contribution is -0.124. The summed E-state index contributed by atoms with van der Waals surface area (Å²) in [6, 6.07) is 21.0. The summed E-state index contributed by atoms with van der Waals surface area (Å²) in [6.45, 7) is 0.479.